The highest BCUT2D eigenvalue weighted by Crippen LogP contribution is 2.30. The fraction of sp³-hybridized carbons (Fsp3) is 0.357. The normalized spacial score (nSPS) is 22.1. The van der Waals surface area contributed by atoms with Gasteiger partial charge in [-0.05, 0) is 5.21 Å². The van der Waals surface area contributed by atoms with Crippen LogP contribution < -0.4 is 5.73 Å². The van der Waals surface area contributed by atoms with Gasteiger partial charge in [-0.2, -0.15) is 5.10 Å². The molecule has 0 spiro atoms. The van der Waals surface area contributed by atoms with Crippen LogP contribution in [0.2, 0.25) is 0 Å². The molecule has 1 aliphatic rings. The van der Waals surface area contributed by atoms with Crippen molar-refractivity contribution in [2.45, 2.75) is 24.9 Å². The molecule has 4 aromatic rings. The highest BCUT2D eigenvalue weighted by atomic mass is 16.5. The van der Waals surface area contributed by atoms with Crippen molar-refractivity contribution in [3.05, 3.63) is 25.0 Å². The van der Waals surface area contributed by atoms with Crippen LogP contribution in [0.25, 0.3) is 22.2 Å². The number of nitrogen functional groups attached to an aromatic ring is 1. The van der Waals surface area contributed by atoms with Crippen LogP contribution in [0.1, 0.15) is 12.6 Å². The fourth-order valence-electron chi connectivity index (χ4n) is 2.75. The number of H-pyrrole nitrogens is 1. The minimum Gasteiger partial charge on any atom is -0.394 e. The highest BCUT2D eigenvalue weighted by Gasteiger charge is 2.35. The molecule has 0 bridgehead atoms. The van der Waals surface area contributed by atoms with Crippen molar-refractivity contribution in [2.24, 2.45) is 0 Å². The predicted molar refractivity (Wildman–Crippen MR) is 90.8 cm³/mol. The Morgan fingerprint density at radius 1 is 1.30 bits per heavy atom. The maximum Gasteiger partial charge on any atom is 0.167 e. The van der Waals surface area contributed by atoms with E-state index in [2.05, 4.69) is 40.6 Å². The third-order valence-electron chi connectivity index (χ3n) is 4.12. The number of nitrogens with zero attached hydrogens (tertiary/aromatic N) is 8. The average molecular weight is 372 g/mol. The molecule has 4 aromatic heterocycles. The van der Waals surface area contributed by atoms with Crippen LogP contribution in [0.5, 0.6) is 0 Å². The second-order valence-corrected chi connectivity index (χ2v) is 5.80. The Morgan fingerprint density at radius 2 is 2.19 bits per heavy atom. The van der Waals surface area contributed by atoms with Crippen LogP contribution in [0.15, 0.2) is 25.0 Å². The van der Waals surface area contributed by atoms with Crippen LogP contribution in [0.4, 0.5) is 5.82 Å². The summed E-state index contributed by atoms with van der Waals surface area (Å²) in [7, 11) is 0. The number of hydrogen-bond donors (Lipinski definition) is 4. The van der Waals surface area contributed by atoms with Gasteiger partial charge in [0.2, 0.25) is 0 Å². The molecule has 1 fully saturated rings. The molecule has 5 N–H and O–H groups in total. The largest absolute Gasteiger partial charge is 0.394 e. The van der Waals surface area contributed by atoms with Crippen molar-refractivity contribution in [1.29, 1.82) is 0 Å². The molecule has 0 unspecified atom stereocenters. The molecule has 0 saturated carbocycles. The minimum absolute atomic E-state index is 0.221. The molecule has 1 aliphatic heterocycles. The number of hydrogen-bond acceptors (Lipinski definition) is 11. The summed E-state index contributed by atoms with van der Waals surface area (Å²) in [5, 5.41) is 35.9. The number of aromatic nitrogens is 9. The number of aromatic amines is 1. The van der Waals surface area contributed by atoms with Crippen molar-refractivity contribution in [2.75, 3.05) is 12.3 Å². The van der Waals surface area contributed by atoms with Crippen molar-refractivity contribution in [3.8, 4) is 0 Å². The van der Waals surface area contributed by atoms with Crippen molar-refractivity contribution in [1.82, 2.24) is 45.1 Å². The van der Waals surface area contributed by atoms with E-state index < -0.39 is 18.4 Å². The van der Waals surface area contributed by atoms with E-state index in [0.717, 1.165) is 11.0 Å². The second-order valence-electron chi connectivity index (χ2n) is 5.80. The van der Waals surface area contributed by atoms with E-state index >= 15 is 0 Å². The van der Waals surface area contributed by atoms with E-state index in [0.29, 0.717) is 23.4 Å². The number of rotatable bonds is 2. The van der Waals surface area contributed by atoms with Crippen molar-refractivity contribution < 1.29 is 14.9 Å². The number of fused-ring (bicyclic) bond motifs is 2. The lowest BCUT2D eigenvalue weighted by molar-refractivity contribution is -0.0432. The zero-order valence-corrected chi connectivity index (χ0v) is 13.9. The maximum atomic E-state index is 9.71. The molecule has 0 radical (unpaired) electrons. The zero-order valence-electron chi connectivity index (χ0n) is 13.9. The number of ether oxygens (including phenoxy) is 1. The second kappa shape index (κ2) is 7.14. The molecular formula is C14H16N10O3. The van der Waals surface area contributed by atoms with E-state index in [-0.39, 0.29) is 6.61 Å². The van der Waals surface area contributed by atoms with E-state index in [4.69, 9.17) is 15.6 Å². The first kappa shape index (κ1) is 17.1. The molecule has 1 saturated heterocycles. The lowest BCUT2D eigenvalue weighted by Crippen LogP contribution is -2.24. The Kier molecular flexibility index (Phi) is 4.53. The molecule has 5 heterocycles. The van der Waals surface area contributed by atoms with Gasteiger partial charge < -0.3 is 20.7 Å². The number of nitrogens with two attached hydrogens (primary N) is 1. The van der Waals surface area contributed by atoms with E-state index in [1.54, 1.807) is 23.3 Å². The third-order valence-corrected chi connectivity index (χ3v) is 4.12. The third kappa shape index (κ3) is 3.25. The Hall–Kier alpha value is -3.29. The molecule has 13 nitrogen and oxygen atoms in total. The first-order chi connectivity index (χ1) is 13.2. The average Bonchev–Trinajstić information content (AvgIpc) is 3.40. The molecule has 140 valence electrons. The number of aliphatic hydroxyl groups is 2. The molecule has 13 heteroatoms. The van der Waals surface area contributed by atoms with Gasteiger partial charge in [-0.1, -0.05) is 0 Å². The topological polar surface area (TPSA) is 187 Å². The van der Waals surface area contributed by atoms with Crippen LogP contribution in [-0.4, -0.2) is 74.2 Å². The first-order valence-electron chi connectivity index (χ1n) is 8.02. The van der Waals surface area contributed by atoms with Gasteiger partial charge in [-0.3, -0.25) is 9.67 Å². The summed E-state index contributed by atoms with van der Waals surface area (Å²) in [6.07, 6.45) is 4.78. The van der Waals surface area contributed by atoms with Gasteiger partial charge in [0.05, 0.1) is 31.4 Å². The summed E-state index contributed by atoms with van der Waals surface area (Å²) < 4.78 is 7.22. The van der Waals surface area contributed by atoms with Crippen LogP contribution >= 0.6 is 0 Å². The Bertz CT molecular complexity index is 1020. The number of imidazole rings is 1. The summed E-state index contributed by atoms with van der Waals surface area (Å²) in [5.41, 5.74) is 8.30. The number of anilines is 1. The lowest BCUT2D eigenvalue weighted by atomic mass is 10.2. The van der Waals surface area contributed by atoms with Gasteiger partial charge >= 0.3 is 0 Å². The van der Waals surface area contributed by atoms with Crippen molar-refractivity contribution >= 4 is 28.0 Å². The first-order valence-corrected chi connectivity index (χ1v) is 8.02. The minimum atomic E-state index is -0.698. The van der Waals surface area contributed by atoms with Gasteiger partial charge in [-0.15, -0.1) is 10.2 Å². The highest BCUT2D eigenvalue weighted by molar-refractivity contribution is 5.81. The summed E-state index contributed by atoms with van der Waals surface area (Å²) >= 11 is 0. The Balaban J connectivity index is 0.000000167. The standard InChI is InChI=1S/C10H13N5O3.C4H3N5/c11-9-8-10(13-3-12-9)15(4-14-8)7-1-5(17)6(2-16)18-7;1-4-3(7-5-1)2-6-9-8-4/h3-7,16-17H,1-2H2,(H2,11,12,13);1-2H,(H,5,7)/t5-,6+,7+;/m0./s1. The Labute approximate surface area is 151 Å². The van der Waals surface area contributed by atoms with Crippen molar-refractivity contribution in [3.63, 3.8) is 0 Å². The Morgan fingerprint density at radius 3 is 2.96 bits per heavy atom. The smallest absolute Gasteiger partial charge is 0.167 e. The summed E-state index contributed by atoms with van der Waals surface area (Å²) in [4.78, 5) is 12.1. The van der Waals surface area contributed by atoms with Crippen LogP contribution in [-0.2, 0) is 4.74 Å². The van der Waals surface area contributed by atoms with E-state index in [1.165, 1.54) is 6.33 Å². The molecule has 27 heavy (non-hydrogen) atoms. The van der Waals surface area contributed by atoms with Gasteiger partial charge in [0.15, 0.2) is 11.5 Å². The molecule has 0 aliphatic carbocycles. The molecule has 3 atom stereocenters. The summed E-state index contributed by atoms with van der Waals surface area (Å²) in [5.74, 6) is 0.302. The quantitative estimate of drug-likeness (QED) is 0.331. The summed E-state index contributed by atoms with van der Waals surface area (Å²) in [6.45, 7) is -0.221. The fourth-order valence-corrected chi connectivity index (χ4v) is 2.75. The van der Waals surface area contributed by atoms with Crippen LogP contribution in [0, 0.1) is 0 Å². The van der Waals surface area contributed by atoms with E-state index in [9.17, 15) is 5.11 Å². The maximum absolute atomic E-state index is 9.71. The van der Waals surface area contributed by atoms with Gasteiger partial charge in [0.1, 0.15) is 35.2 Å². The monoisotopic (exact) mass is 372 g/mol. The van der Waals surface area contributed by atoms with Gasteiger partial charge in [0, 0.05) is 6.42 Å². The molecular weight excluding hydrogens is 356 g/mol. The number of aliphatic hydroxyl groups excluding tert-OH is 2. The zero-order chi connectivity index (χ0) is 18.8. The number of nitrogens with one attached hydrogen (secondary N) is 1. The van der Waals surface area contributed by atoms with Gasteiger partial charge in [-0.25, -0.2) is 15.0 Å². The lowest BCUT2D eigenvalue weighted by Gasteiger charge is -2.13. The summed E-state index contributed by atoms with van der Waals surface area (Å²) in [6, 6.07) is 0. The predicted octanol–water partition coefficient (Wildman–Crippen LogP) is -1.20. The molecule has 5 rings (SSSR count). The molecule has 0 amide bonds. The van der Waals surface area contributed by atoms with Gasteiger partial charge in [0.25, 0.3) is 0 Å². The van der Waals surface area contributed by atoms with Crippen LogP contribution in [0.3, 0.4) is 0 Å². The van der Waals surface area contributed by atoms with E-state index in [1.807, 2.05) is 0 Å². The SMILES string of the molecule is Nc1ncnc2c1ncn2[C@H]1C[C@H](O)[C@@H](CO)O1.c1n[nH]c2cnnnc12. The molecule has 0 aromatic carbocycles.